The average Bonchev–Trinajstić information content (AvgIpc) is 3.34. The molecule has 0 amide bonds. The van der Waals surface area contributed by atoms with Crippen LogP contribution >= 0.6 is 11.3 Å². The van der Waals surface area contributed by atoms with Crippen molar-refractivity contribution in [1.29, 1.82) is 0 Å². The molecule has 4 heterocycles. The highest BCUT2D eigenvalue weighted by Gasteiger charge is 2.29. The number of sulfonamides is 1. The summed E-state index contributed by atoms with van der Waals surface area (Å²) in [5.41, 5.74) is 1.99. The molecule has 142 valence electrons. The van der Waals surface area contributed by atoms with Crippen LogP contribution < -0.4 is 4.90 Å². The average molecular weight is 405 g/mol. The van der Waals surface area contributed by atoms with E-state index in [0.29, 0.717) is 30.4 Å². The molecule has 0 saturated carbocycles. The van der Waals surface area contributed by atoms with Gasteiger partial charge in [0.1, 0.15) is 28.5 Å². The second-order valence-electron chi connectivity index (χ2n) is 6.34. The van der Waals surface area contributed by atoms with Crippen molar-refractivity contribution < 1.29 is 8.42 Å². The molecular formula is C17H20N6O2S2. The number of hydrogen-bond donors (Lipinski definition) is 0. The quantitative estimate of drug-likeness (QED) is 0.660. The molecule has 4 rings (SSSR count). The van der Waals surface area contributed by atoms with E-state index in [1.54, 1.807) is 28.1 Å². The molecule has 3 aromatic heterocycles. The highest BCUT2D eigenvalue weighted by atomic mass is 32.2. The predicted molar refractivity (Wildman–Crippen MR) is 104 cm³/mol. The number of piperazine rings is 1. The first-order valence-corrected chi connectivity index (χ1v) is 10.9. The van der Waals surface area contributed by atoms with Crippen molar-refractivity contribution in [1.82, 2.24) is 23.8 Å². The van der Waals surface area contributed by atoms with E-state index in [4.69, 9.17) is 0 Å². The molecule has 0 bridgehead atoms. The van der Waals surface area contributed by atoms with Crippen LogP contribution in [0.3, 0.4) is 0 Å². The molecule has 8 nitrogen and oxygen atoms in total. The molecular weight excluding hydrogens is 384 g/mol. The SMILES string of the molecule is Cc1ncn(-c2cc(N3CCN(S(=O)(=O)c4cccs4)CC3)ncn2)c1C. The van der Waals surface area contributed by atoms with Crippen LogP contribution in [0, 0.1) is 13.8 Å². The van der Waals surface area contributed by atoms with Gasteiger partial charge in [-0.25, -0.2) is 23.4 Å². The summed E-state index contributed by atoms with van der Waals surface area (Å²) >= 11 is 1.25. The first kappa shape index (κ1) is 18.1. The first-order chi connectivity index (χ1) is 13.0. The summed E-state index contributed by atoms with van der Waals surface area (Å²) in [4.78, 5) is 15.1. The summed E-state index contributed by atoms with van der Waals surface area (Å²) in [6, 6.07) is 5.33. The highest BCUT2D eigenvalue weighted by Crippen LogP contribution is 2.24. The molecule has 0 radical (unpaired) electrons. The lowest BCUT2D eigenvalue weighted by molar-refractivity contribution is 0.384. The van der Waals surface area contributed by atoms with Crippen molar-refractivity contribution in [2.45, 2.75) is 18.1 Å². The number of anilines is 1. The van der Waals surface area contributed by atoms with Gasteiger partial charge in [0.2, 0.25) is 0 Å². The van der Waals surface area contributed by atoms with Gasteiger partial charge in [-0.15, -0.1) is 11.3 Å². The Bertz CT molecular complexity index is 1040. The monoisotopic (exact) mass is 404 g/mol. The maximum Gasteiger partial charge on any atom is 0.252 e. The van der Waals surface area contributed by atoms with Crippen LogP contribution in [0.2, 0.25) is 0 Å². The molecule has 0 aliphatic carbocycles. The minimum Gasteiger partial charge on any atom is -0.354 e. The molecule has 27 heavy (non-hydrogen) atoms. The topological polar surface area (TPSA) is 84.2 Å². The van der Waals surface area contributed by atoms with Gasteiger partial charge in [-0.05, 0) is 25.3 Å². The van der Waals surface area contributed by atoms with E-state index in [1.165, 1.54) is 17.7 Å². The zero-order chi connectivity index (χ0) is 19.0. The second kappa shape index (κ2) is 7.02. The maximum atomic E-state index is 12.7. The van der Waals surface area contributed by atoms with Gasteiger partial charge in [0.05, 0.1) is 5.69 Å². The molecule has 0 spiro atoms. The summed E-state index contributed by atoms with van der Waals surface area (Å²) < 4.78 is 29.2. The third-order valence-corrected chi connectivity index (χ3v) is 8.06. The van der Waals surface area contributed by atoms with Gasteiger partial charge in [0, 0.05) is 37.9 Å². The normalized spacial score (nSPS) is 16.0. The smallest absolute Gasteiger partial charge is 0.252 e. The van der Waals surface area contributed by atoms with Crippen LogP contribution in [0.1, 0.15) is 11.4 Å². The second-order valence-corrected chi connectivity index (χ2v) is 9.46. The molecule has 0 N–H and O–H groups in total. The van der Waals surface area contributed by atoms with Crippen LogP contribution in [0.4, 0.5) is 5.82 Å². The Labute approximate surface area is 162 Å². The third kappa shape index (κ3) is 3.35. The minimum atomic E-state index is -3.40. The largest absolute Gasteiger partial charge is 0.354 e. The van der Waals surface area contributed by atoms with Crippen molar-refractivity contribution in [2.24, 2.45) is 0 Å². The van der Waals surface area contributed by atoms with Gasteiger partial charge in [-0.3, -0.25) is 4.57 Å². The van der Waals surface area contributed by atoms with Crippen LogP contribution in [0.25, 0.3) is 5.82 Å². The number of nitrogens with zero attached hydrogens (tertiary/aromatic N) is 6. The van der Waals surface area contributed by atoms with E-state index in [2.05, 4.69) is 19.9 Å². The summed E-state index contributed by atoms with van der Waals surface area (Å²) in [5.74, 6) is 1.55. The first-order valence-electron chi connectivity index (χ1n) is 8.58. The third-order valence-electron chi connectivity index (χ3n) is 4.79. The van der Waals surface area contributed by atoms with Gasteiger partial charge < -0.3 is 4.90 Å². The predicted octanol–water partition coefficient (Wildman–Crippen LogP) is 1.85. The Morgan fingerprint density at radius 1 is 1.04 bits per heavy atom. The molecule has 0 unspecified atom stereocenters. The minimum absolute atomic E-state index is 0.395. The van der Waals surface area contributed by atoms with E-state index >= 15 is 0 Å². The maximum absolute atomic E-state index is 12.7. The van der Waals surface area contributed by atoms with Crippen molar-refractivity contribution >= 4 is 27.2 Å². The van der Waals surface area contributed by atoms with Gasteiger partial charge in [-0.2, -0.15) is 4.31 Å². The Morgan fingerprint density at radius 3 is 2.41 bits per heavy atom. The van der Waals surface area contributed by atoms with Gasteiger partial charge in [0.25, 0.3) is 10.0 Å². The molecule has 1 aliphatic rings. The standard InChI is InChI=1S/C17H20N6O2S2/c1-13-14(2)23(12-20-13)16-10-15(18-11-19-16)21-5-7-22(8-6-21)27(24,25)17-4-3-9-26-17/h3-4,9-12H,5-8H2,1-2H3. The Hall–Kier alpha value is -2.30. The van der Waals surface area contributed by atoms with Crippen LogP contribution in [-0.2, 0) is 10.0 Å². The van der Waals surface area contributed by atoms with Crippen LogP contribution in [0.5, 0.6) is 0 Å². The van der Waals surface area contributed by atoms with Gasteiger partial charge in [-0.1, -0.05) is 6.07 Å². The van der Waals surface area contributed by atoms with Crippen molar-refractivity contribution in [3.8, 4) is 5.82 Å². The van der Waals surface area contributed by atoms with Crippen molar-refractivity contribution in [2.75, 3.05) is 31.1 Å². The molecule has 0 atom stereocenters. The molecule has 10 heteroatoms. The van der Waals surface area contributed by atoms with Crippen LogP contribution in [-0.4, -0.2) is 58.4 Å². The number of thiophene rings is 1. The summed E-state index contributed by atoms with van der Waals surface area (Å²) in [6.45, 7) is 6.00. The lowest BCUT2D eigenvalue weighted by Crippen LogP contribution is -2.48. The molecule has 0 aromatic carbocycles. The fraction of sp³-hybridized carbons (Fsp3) is 0.353. The summed E-state index contributed by atoms with van der Waals surface area (Å²) in [5, 5.41) is 1.78. The fourth-order valence-corrected chi connectivity index (χ4v) is 5.63. The van der Waals surface area contributed by atoms with Crippen molar-refractivity contribution in [3.05, 3.63) is 47.6 Å². The molecule has 1 saturated heterocycles. The zero-order valence-corrected chi connectivity index (χ0v) is 16.7. The lowest BCUT2D eigenvalue weighted by Gasteiger charge is -2.34. The lowest BCUT2D eigenvalue weighted by atomic mass is 10.3. The van der Waals surface area contributed by atoms with E-state index in [-0.39, 0.29) is 0 Å². The van der Waals surface area contributed by atoms with Crippen molar-refractivity contribution in [3.63, 3.8) is 0 Å². The molecule has 1 fully saturated rings. The fourth-order valence-electron chi connectivity index (χ4n) is 3.07. The van der Waals surface area contributed by atoms with E-state index in [1.807, 2.05) is 24.5 Å². The zero-order valence-electron chi connectivity index (χ0n) is 15.1. The number of imidazole rings is 1. The Morgan fingerprint density at radius 2 is 1.78 bits per heavy atom. The molecule has 1 aliphatic heterocycles. The van der Waals surface area contributed by atoms with Gasteiger partial charge in [0.15, 0.2) is 0 Å². The number of aryl methyl sites for hydroxylation is 1. The van der Waals surface area contributed by atoms with E-state index in [0.717, 1.165) is 23.0 Å². The van der Waals surface area contributed by atoms with Crippen LogP contribution in [0.15, 0.2) is 40.4 Å². The highest BCUT2D eigenvalue weighted by molar-refractivity contribution is 7.91. The summed E-state index contributed by atoms with van der Waals surface area (Å²) in [6.07, 6.45) is 3.29. The number of aromatic nitrogens is 4. The van der Waals surface area contributed by atoms with E-state index < -0.39 is 10.0 Å². The summed E-state index contributed by atoms with van der Waals surface area (Å²) in [7, 11) is -3.40. The number of hydrogen-bond acceptors (Lipinski definition) is 7. The number of rotatable bonds is 4. The van der Waals surface area contributed by atoms with E-state index in [9.17, 15) is 8.42 Å². The Kier molecular flexibility index (Phi) is 4.70. The molecule has 3 aromatic rings. The Balaban J connectivity index is 1.51. The van der Waals surface area contributed by atoms with Gasteiger partial charge >= 0.3 is 0 Å².